The molecule has 0 aliphatic rings. The predicted molar refractivity (Wildman–Crippen MR) is 107 cm³/mol. The number of aromatic nitrogens is 2. The molecule has 156 valence electrons. The third-order valence-corrected chi connectivity index (χ3v) is 5.16. The van der Waals surface area contributed by atoms with E-state index in [2.05, 4.69) is 4.98 Å². The van der Waals surface area contributed by atoms with Crippen LogP contribution in [0.2, 0.25) is 0 Å². The molecule has 0 saturated carbocycles. The number of halogens is 3. The van der Waals surface area contributed by atoms with Crippen LogP contribution in [0.1, 0.15) is 47.3 Å². The summed E-state index contributed by atoms with van der Waals surface area (Å²) < 4.78 is 47.4. The van der Waals surface area contributed by atoms with E-state index < -0.39 is 11.7 Å². The topological polar surface area (TPSA) is 47.3 Å². The van der Waals surface area contributed by atoms with Crippen LogP contribution in [-0.2, 0) is 6.18 Å². The van der Waals surface area contributed by atoms with Crippen molar-refractivity contribution in [3.05, 3.63) is 52.3 Å². The number of rotatable bonds is 5. The molecular formula is C22H25F3N2O2. The Kier molecular flexibility index (Phi) is 5.63. The lowest BCUT2D eigenvalue weighted by Crippen LogP contribution is -2.11. The van der Waals surface area contributed by atoms with E-state index in [1.165, 1.54) is 0 Å². The summed E-state index contributed by atoms with van der Waals surface area (Å²) in [6.45, 7) is 8.98. The Labute approximate surface area is 167 Å². The maximum atomic E-state index is 13.1. The maximum Gasteiger partial charge on any atom is 0.416 e. The first-order valence-corrected chi connectivity index (χ1v) is 9.52. The fraction of sp³-hybridized carbons (Fsp3) is 0.409. The van der Waals surface area contributed by atoms with Gasteiger partial charge < -0.3 is 14.4 Å². The largest absolute Gasteiger partial charge is 0.438 e. The summed E-state index contributed by atoms with van der Waals surface area (Å²) in [5.41, 5.74) is 2.63. The zero-order valence-electron chi connectivity index (χ0n) is 17.2. The van der Waals surface area contributed by atoms with E-state index in [0.29, 0.717) is 22.8 Å². The molecule has 0 aliphatic carbocycles. The zero-order chi connectivity index (χ0) is 21.5. The molecular weight excluding hydrogens is 381 g/mol. The van der Waals surface area contributed by atoms with E-state index in [1.807, 2.05) is 37.6 Å². The van der Waals surface area contributed by atoms with Gasteiger partial charge in [0.15, 0.2) is 0 Å². The lowest BCUT2D eigenvalue weighted by atomic mass is 10.1. The van der Waals surface area contributed by atoms with E-state index in [0.717, 1.165) is 40.7 Å². The minimum atomic E-state index is -4.41. The molecule has 1 aromatic carbocycles. The molecule has 0 amide bonds. The Morgan fingerprint density at radius 2 is 1.69 bits per heavy atom. The Bertz CT molecular complexity index is 1030. The average Bonchev–Trinajstić information content (AvgIpc) is 2.94. The minimum absolute atomic E-state index is 0.00834. The van der Waals surface area contributed by atoms with Gasteiger partial charge in [0.05, 0.1) is 29.1 Å². The van der Waals surface area contributed by atoms with Gasteiger partial charge in [-0.25, -0.2) is 4.98 Å². The van der Waals surface area contributed by atoms with Gasteiger partial charge in [-0.1, -0.05) is 6.92 Å². The van der Waals surface area contributed by atoms with E-state index in [1.54, 1.807) is 13.8 Å². The van der Waals surface area contributed by atoms with Gasteiger partial charge in [-0.2, -0.15) is 13.2 Å². The summed E-state index contributed by atoms with van der Waals surface area (Å²) in [4.78, 5) is 4.51. The second kappa shape index (κ2) is 7.71. The molecule has 0 saturated heterocycles. The molecule has 2 aromatic heterocycles. The molecule has 2 heterocycles. The highest BCUT2D eigenvalue weighted by atomic mass is 19.4. The van der Waals surface area contributed by atoms with Crippen LogP contribution in [0.15, 0.2) is 24.4 Å². The normalized spacial score (nSPS) is 13.1. The fourth-order valence-electron chi connectivity index (χ4n) is 3.71. The van der Waals surface area contributed by atoms with Crippen molar-refractivity contribution in [2.45, 2.75) is 53.3 Å². The third-order valence-electron chi connectivity index (χ3n) is 5.16. The Morgan fingerprint density at radius 3 is 2.21 bits per heavy atom. The fourth-order valence-corrected chi connectivity index (χ4v) is 3.71. The third kappa shape index (κ3) is 3.96. The number of alkyl halides is 3. The van der Waals surface area contributed by atoms with E-state index in [9.17, 15) is 18.3 Å². The minimum Gasteiger partial charge on any atom is -0.438 e. The molecule has 1 N–H and O–H groups in total. The predicted octanol–water partition coefficient (Wildman–Crippen LogP) is 6.02. The number of ether oxygens (including phenoxy) is 1. The molecule has 0 bridgehead atoms. The summed E-state index contributed by atoms with van der Waals surface area (Å²) in [5, 5.41) is 10.5. The number of aryl methyl sites for hydroxylation is 4. The quantitative estimate of drug-likeness (QED) is 0.563. The number of benzene rings is 1. The van der Waals surface area contributed by atoms with Crippen LogP contribution in [0, 0.1) is 27.7 Å². The number of nitrogens with zero attached hydrogens (tertiary/aromatic N) is 2. The van der Waals surface area contributed by atoms with Crippen molar-refractivity contribution in [1.82, 2.24) is 9.55 Å². The first-order chi connectivity index (χ1) is 13.6. The van der Waals surface area contributed by atoms with Gasteiger partial charge in [0.1, 0.15) is 5.75 Å². The van der Waals surface area contributed by atoms with Gasteiger partial charge in [0, 0.05) is 11.9 Å². The summed E-state index contributed by atoms with van der Waals surface area (Å²) in [7, 11) is 0. The highest BCUT2D eigenvalue weighted by molar-refractivity contribution is 5.89. The van der Waals surface area contributed by atoms with Gasteiger partial charge in [0.2, 0.25) is 5.88 Å². The Balaban J connectivity index is 2.15. The number of pyridine rings is 1. The van der Waals surface area contributed by atoms with Crippen molar-refractivity contribution < 1.29 is 23.0 Å². The number of aliphatic hydroxyl groups is 1. The molecule has 7 heteroatoms. The molecule has 1 atom stereocenters. The molecule has 3 rings (SSSR count). The Morgan fingerprint density at radius 1 is 1.07 bits per heavy atom. The monoisotopic (exact) mass is 406 g/mol. The van der Waals surface area contributed by atoms with Crippen molar-refractivity contribution in [3.63, 3.8) is 0 Å². The van der Waals surface area contributed by atoms with Gasteiger partial charge >= 0.3 is 6.18 Å². The van der Waals surface area contributed by atoms with E-state index in [-0.39, 0.29) is 12.6 Å². The lowest BCUT2D eigenvalue weighted by molar-refractivity contribution is -0.137. The van der Waals surface area contributed by atoms with Crippen LogP contribution >= 0.6 is 0 Å². The van der Waals surface area contributed by atoms with Crippen molar-refractivity contribution in [2.75, 3.05) is 6.61 Å². The second-order valence-electron chi connectivity index (χ2n) is 7.47. The van der Waals surface area contributed by atoms with Crippen LogP contribution in [0.3, 0.4) is 0 Å². The molecule has 3 aromatic rings. The number of aliphatic hydroxyl groups excluding tert-OH is 1. The van der Waals surface area contributed by atoms with Crippen LogP contribution in [0.5, 0.6) is 11.6 Å². The first kappa shape index (κ1) is 21.2. The molecule has 1 unspecified atom stereocenters. The molecule has 29 heavy (non-hydrogen) atoms. The Hall–Kier alpha value is -2.54. The van der Waals surface area contributed by atoms with Crippen molar-refractivity contribution in [3.8, 4) is 11.6 Å². The molecule has 0 fully saturated rings. The van der Waals surface area contributed by atoms with Crippen LogP contribution in [0.25, 0.3) is 10.9 Å². The van der Waals surface area contributed by atoms with Crippen molar-refractivity contribution in [1.29, 1.82) is 0 Å². The summed E-state index contributed by atoms with van der Waals surface area (Å²) in [5.74, 6) is 0.730. The summed E-state index contributed by atoms with van der Waals surface area (Å²) >= 11 is 0. The second-order valence-corrected chi connectivity index (χ2v) is 7.47. The van der Waals surface area contributed by atoms with Gasteiger partial charge in [-0.3, -0.25) is 0 Å². The lowest BCUT2D eigenvalue weighted by Gasteiger charge is -2.17. The standard InChI is InChI=1S/C22H25F3N2O2/c1-6-17(11-28)27-10-14(4)19-18(27)9-15(5)26-21(19)29-20-12(2)7-16(8-13(20)3)22(23,24)25/h7-10,17,28H,6,11H2,1-5H3. The van der Waals surface area contributed by atoms with Gasteiger partial charge in [-0.05, 0) is 69.0 Å². The molecule has 0 aliphatic heterocycles. The van der Waals surface area contributed by atoms with Gasteiger partial charge in [-0.15, -0.1) is 0 Å². The first-order valence-electron chi connectivity index (χ1n) is 9.52. The summed E-state index contributed by atoms with van der Waals surface area (Å²) in [6, 6.07) is 4.04. The van der Waals surface area contributed by atoms with E-state index >= 15 is 0 Å². The highest BCUT2D eigenvalue weighted by Gasteiger charge is 2.31. The number of hydrogen-bond donors (Lipinski definition) is 1. The van der Waals surface area contributed by atoms with E-state index in [4.69, 9.17) is 4.74 Å². The van der Waals surface area contributed by atoms with Crippen molar-refractivity contribution >= 4 is 10.9 Å². The molecule has 0 radical (unpaired) electrons. The number of hydrogen-bond acceptors (Lipinski definition) is 3. The zero-order valence-corrected chi connectivity index (χ0v) is 17.2. The smallest absolute Gasteiger partial charge is 0.416 e. The SMILES string of the molecule is CCC(CO)n1cc(C)c2c(Oc3c(C)cc(C(F)(F)F)cc3C)nc(C)cc21. The van der Waals surface area contributed by atoms with Crippen molar-refractivity contribution in [2.24, 2.45) is 0 Å². The molecule has 0 spiro atoms. The summed E-state index contributed by atoms with van der Waals surface area (Å²) in [6.07, 6.45) is -1.69. The average molecular weight is 406 g/mol. The van der Waals surface area contributed by atoms with Crippen LogP contribution in [0.4, 0.5) is 13.2 Å². The molecule has 4 nitrogen and oxygen atoms in total. The van der Waals surface area contributed by atoms with Crippen LogP contribution < -0.4 is 4.74 Å². The highest BCUT2D eigenvalue weighted by Crippen LogP contribution is 2.39. The van der Waals surface area contributed by atoms with Gasteiger partial charge in [0.25, 0.3) is 0 Å². The number of fused-ring (bicyclic) bond motifs is 1. The van der Waals surface area contributed by atoms with Crippen LogP contribution in [-0.4, -0.2) is 21.3 Å². The maximum absolute atomic E-state index is 13.1.